The molecule has 0 amide bonds. The van der Waals surface area contributed by atoms with Crippen LogP contribution in [0, 0.1) is 6.92 Å². The number of aliphatic hydroxyl groups excluding tert-OH is 1. The van der Waals surface area contributed by atoms with Gasteiger partial charge in [-0.25, -0.2) is 4.79 Å². The maximum atomic E-state index is 12.5. The molecule has 12 heteroatoms. The first-order chi connectivity index (χ1) is 15.4. The largest absolute Gasteiger partial charge is 0.636 e. The van der Waals surface area contributed by atoms with Gasteiger partial charge in [0.25, 0.3) is 5.56 Å². The Kier molecular flexibility index (Phi) is 6.26. The van der Waals surface area contributed by atoms with Crippen LogP contribution in [0.4, 0.5) is 0 Å². The van der Waals surface area contributed by atoms with Gasteiger partial charge in [-0.15, -0.1) is 0 Å². The Morgan fingerprint density at radius 1 is 1.09 bits per heavy atom. The van der Waals surface area contributed by atoms with E-state index in [0.29, 0.717) is 11.0 Å². The van der Waals surface area contributed by atoms with Crippen molar-refractivity contribution in [3.8, 4) is 0 Å². The van der Waals surface area contributed by atoms with Crippen LogP contribution in [0.15, 0.2) is 46.1 Å². The number of hydrogen-bond acceptors (Lipinski definition) is 9. The SMILES string of the molecule is Cc1cn([C@H]2C[C@H](N3CC(=O)OB(c4ccccc4)OC(=O)C3)[C@@H](CO)O2)c(=O)[nH]c1=O. The Bertz CT molecular complexity index is 1100. The van der Waals surface area contributed by atoms with Gasteiger partial charge in [-0.05, 0) is 6.92 Å². The summed E-state index contributed by atoms with van der Waals surface area (Å²) in [4.78, 5) is 52.7. The lowest BCUT2D eigenvalue weighted by Gasteiger charge is -2.31. The number of hydrogen-bond donors (Lipinski definition) is 2. The summed E-state index contributed by atoms with van der Waals surface area (Å²) >= 11 is 0. The van der Waals surface area contributed by atoms with Crippen molar-refractivity contribution in [1.29, 1.82) is 0 Å². The van der Waals surface area contributed by atoms with E-state index in [4.69, 9.17) is 14.0 Å². The highest BCUT2D eigenvalue weighted by Gasteiger charge is 2.43. The topological polar surface area (TPSA) is 140 Å². The molecule has 0 radical (unpaired) electrons. The molecule has 0 aliphatic carbocycles. The first kappa shape index (κ1) is 22.0. The van der Waals surface area contributed by atoms with E-state index in [0.717, 1.165) is 0 Å². The number of nitrogens with one attached hydrogen (secondary N) is 1. The lowest BCUT2D eigenvalue weighted by atomic mass is 9.78. The molecule has 0 spiro atoms. The van der Waals surface area contributed by atoms with Crippen LogP contribution in [-0.4, -0.2) is 70.5 Å². The molecule has 0 bridgehead atoms. The molecular formula is C20H22BN3O8. The molecule has 3 heterocycles. The monoisotopic (exact) mass is 443 g/mol. The van der Waals surface area contributed by atoms with Crippen molar-refractivity contribution in [2.24, 2.45) is 0 Å². The predicted molar refractivity (Wildman–Crippen MR) is 111 cm³/mol. The lowest BCUT2D eigenvalue weighted by molar-refractivity contribution is -0.147. The fraction of sp³-hybridized carbons (Fsp3) is 0.400. The average Bonchev–Trinajstić information content (AvgIpc) is 3.19. The number of aliphatic hydroxyl groups is 1. The maximum Gasteiger partial charge on any atom is 0.636 e. The third-order valence-corrected chi connectivity index (χ3v) is 5.52. The second kappa shape index (κ2) is 9.11. The first-order valence-electron chi connectivity index (χ1n) is 10.1. The van der Waals surface area contributed by atoms with Gasteiger partial charge in [0, 0.05) is 29.7 Å². The standard InChI is InChI=1S/C20H22BN3O8/c1-12-8-24(20(29)22-19(12)28)16-7-14(15(11-25)30-16)23-9-17(26)31-21(32-18(27)10-23)13-5-3-2-4-6-13/h2-6,8,14-16,25H,7,9-11H2,1H3,(H,22,28,29)/t14-,15+,16+/m0/s1. The highest BCUT2D eigenvalue weighted by atomic mass is 16.6. The number of aryl methyl sites for hydroxylation is 1. The molecule has 168 valence electrons. The maximum absolute atomic E-state index is 12.5. The zero-order chi connectivity index (χ0) is 22.8. The van der Waals surface area contributed by atoms with Crippen molar-refractivity contribution in [2.45, 2.75) is 31.7 Å². The Labute approximate surface area is 182 Å². The van der Waals surface area contributed by atoms with Gasteiger partial charge in [-0.3, -0.25) is 28.8 Å². The van der Waals surface area contributed by atoms with Crippen LogP contribution < -0.4 is 16.7 Å². The van der Waals surface area contributed by atoms with Crippen molar-refractivity contribution in [2.75, 3.05) is 19.7 Å². The van der Waals surface area contributed by atoms with Gasteiger partial charge in [0.1, 0.15) is 6.23 Å². The highest BCUT2D eigenvalue weighted by Crippen LogP contribution is 2.31. The van der Waals surface area contributed by atoms with E-state index < -0.39 is 55.3 Å². The fourth-order valence-electron chi connectivity index (χ4n) is 3.94. The number of H-pyrrole nitrogens is 1. The Morgan fingerprint density at radius 2 is 1.75 bits per heavy atom. The van der Waals surface area contributed by atoms with Crippen LogP contribution >= 0.6 is 0 Å². The number of ether oxygens (including phenoxy) is 1. The van der Waals surface area contributed by atoms with Crippen molar-refractivity contribution >= 4 is 24.5 Å². The van der Waals surface area contributed by atoms with Crippen molar-refractivity contribution in [3.63, 3.8) is 0 Å². The molecule has 32 heavy (non-hydrogen) atoms. The molecule has 2 aliphatic heterocycles. The Hall–Kier alpha value is -3.22. The molecule has 0 unspecified atom stereocenters. The van der Waals surface area contributed by atoms with E-state index in [1.807, 2.05) is 0 Å². The van der Waals surface area contributed by atoms with E-state index in [1.165, 1.54) is 15.7 Å². The molecule has 2 saturated heterocycles. The van der Waals surface area contributed by atoms with E-state index in [2.05, 4.69) is 4.98 Å². The third kappa shape index (κ3) is 4.52. The van der Waals surface area contributed by atoms with E-state index in [1.54, 1.807) is 37.3 Å². The Morgan fingerprint density at radius 3 is 2.38 bits per heavy atom. The Balaban J connectivity index is 1.53. The summed E-state index contributed by atoms with van der Waals surface area (Å²) in [7, 11) is -1.14. The molecular weight excluding hydrogens is 421 g/mol. The summed E-state index contributed by atoms with van der Waals surface area (Å²) in [6, 6.07) is 8.07. The quantitative estimate of drug-likeness (QED) is 0.529. The van der Waals surface area contributed by atoms with Crippen molar-refractivity contribution in [3.05, 3.63) is 62.9 Å². The predicted octanol–water partition coefficient (Wildman–Crippen LogP) is -1.71. The molecule has 2 fully saturated rings. The van der Waals surface area contributed by atoms with E-state index in [-0.39, 0.29) is 19.5 Å². The van der Waals surface area contributed by atoms with Crippen LogP contribution in [0.3, 0.4) is 0 Å². The smallest absolute Gasteiger partial charge is 0.494 e. The second-order valence-electron chi connectivity index (χ2n) is 7.72. The molecule has 4 rings (SSSR count). The molecule has 2 aromatic rings. The van der Waals surface area contributed by atoms with Gasteiger partial charge >= 0.3 is 24.7 Å². The second-order valence-corrected chi connectivity index (χ2v) is 7.72. The van der Waals surface area contributed by atoms with Gasteiger partial charge in [0.15, 0.2) is 0 Å². The molecule has 0 saturated carbocycles. The molecule has 1 aromatic heterocycles. The number of aromatic amines is 1. The first-order valence-corrected chi connectivity index (χ1v) is 10.1. The minimum absolute atomic E-state index is 0.194. The normalized spacial score (nSPS) is 24.6. The molecule has 1 aromatic carbocycles. The van der Waals surface area contributed by atoms with E-state index in [9.17, 15) is 24.3 Å². The van der Waals surface area contributed by atoms with Crippen LogP contribution in [-0.2, 0) is 23.6 Å². The van der Waals surface area contributed by atoms with E-state index >= 15 is 0 Å². The summed E-state index contributed by atoms with van der Waals surface area (Å²) in [5.74, 6) is -1.22. The third-order valence-electron chi connectivity index (χ3n) is 5.52. The summed E-state index contributed by atoms with van der Waals surface area (Å²) in [5.41, 5.74) is -0.294. The summed E-state index contributed by atoms with van der Waals surface area (Å²) in [5, 5.41) is 9.82. The van der Waals surface area contributed by atoms with Gasteiger partial charge in [-0.2, -0.15) is 0 Å². The number of carbonyl (C=O) groups is 2. The number of rotatable bonds is 4. The number of carbonyl (C=O) groups excluding carboxylic acids is 2. The molecule has 11 nitrogen and oxygen atoms in total. The molecule has 2 aliphatic rings. The highest BCUT2D eigenvalue weighted by molar-refractivity contribution is 6.64. The van der Waals surface area contributed by atoms with Crippen LogP contribution in [0.1, 0.15) is 18.2 Å². The van der Waals surface area contributed by atoms with Crippen LogP contribution in [0.2, 0.25) is 0 Å². The fourth-order valence-corrected chi connectivity index (χ4v) is 3.94. The lowest BCUT2D eigenvalue weighted by Crippen LogP contribution is -2.53. The van der Waals surface area contributed by atoms with Crippen molar-refractivity contribution in [1.82, 2.24) is 14.5 Å². The number of nitrogens with zero attached hydrogens (tertiary/aromatic N) is 2. The average molecular weight is 443 g/mol. The van der Waals surface area contributed by atoms with Gasteiger partial charge in [-0.1, -0.05) is 30.3 Å². The zero-order valence-electron chi connectivity index (χ0n) is 17.3. The minimum Gasteiger partial charge on any atom is -0.494 e. The minimum atomic E-state index is -1.14. The molecule has 2 N–H and O–H groups in total. The number of aromatic nitrogens is 2. The zero-order valence-corrected chi connectivity index (χ0v) is 17.3. The number of benzene rings is 1. The van der Waals surface area contributed by atoms with Crippen molar-refractivity contribution < 1.29 is 28.7 Å². The summed E-state index contributed by atoms with van der Waals surface area (Å²) in [6.45, 7) is 0.703. The van der Waals surface area contributed by atoms with Gasteiger partial charge in [0.2, 0.25) is 0 Å². The van der Waals surface area contributed by atoms with Gasteiger partial charge in [0.05, 0.1) is 25.8 Å². The van der Waals surface area contributed by atoms with Crippen LogP contribution in [0.25, 0.3) is 0 Å². The van der Waals surface area contributed by atoms with Crippen LogP contribution in [0.5, 0.6) is 0 Å². The molecule has 3 atom stereocenters. The summed E-state index contributed by atoms with van der Waals surface area (Å²) in [6.07, 6.45) is 0.00129. The van der Waals surface area contributed by atoms with Gasteiger partial charge < -0.3 is 19.2 Å². The summed E-state index contributed by atoms with van der Waals surface area (Å²) < 4.78 is 17.7.